The minimum atomic E-state index is -0.659. The van der Waals surface area contributed by atoms with Crippen LogP contribution in [0.2, 0.25) is 0 Å². The highest BCUT2D eigenvalue weighted by Crippen LogP contribution is 2.33. The van der Waals surface area contributed by atoms with Crippen LogP contribution in [0.4, 0.5) is 0 Å². The van der Waals surface area contributed by atoms with Crippen LogP contribution in [-0.2, 0) is 14.4 Å². The highest BCUT2D eigenvalue weighted by atomic mass is 16.4. The minimum Gasteiger partial charge on any atom is -0.481 e. The normalized spacial score (nSPS) is 19.3. The number of carbonyl (C=O) groups excluding carboxylic acids is 2. The Hall–Kier alpha value is -2.31. The van der Waals surface area contributed by atoms with Gasteiger partial charge in [0.25, 0.3) is 0 Å². The number of hydrogen-bond acceptors (Lipinski definition) is 6. The summed E-state index contributed by atoms with van der Waals surface area (Å²) in [5.74, 6) is -0.611. The molecule has 1 N–H and O–H groups in total. The van der Waals surface area contributed by atoms with E-state index in [1.54, 1.807) is 0 Å². The Morgan fingerprint density at radius 2 is 1.26 bits per heavy atom. The minimum absolute atomic E-state index is 0.00546. The van der Waals surface area contributed by atoms with E-state index in [1.807, 2.05) is 14.7 Å². The number of aliphatic carboxylic acids is 1. The first kappa shape index (κ1) is 23.4. The molecule has 0 aromatic heterocycles. The first-order chi connectivity index (χ1) is 15.0. The summed E-state index contributed by atoms with van der Waals surface area (Å²) in [7, 11) is 0. The first-order valence-corrected chi connectivity index (χ1v) is 12.0. The fourth-order valence-electron chi connectivity index (χ4n) is 3.86. The highest BCUT2D eigenvalue weighted by molar-refractivity contribution is 6.22. The van der Waals surface area contributed by atoms with Gasteiger partial charge in [-0.05, 0) is 6.42 Å². The monoisotopic (exact) mass is 431 g/mol. The predicted octanol–water partition coefficient (Wildman–Crippen LogP) is 3.17. The van der Waals surface area contributed by atoms with Gasteiger partial charge in [0.2, 0.25) is 11.6 Å². The molecule has 0 aromatic carbocycles. The van der Waals surface area contributed by atoms with Gasteiger partial charge in [0, 0.05) is 51.8 Å². The fraction of sp³-hybridized carbons (Fsp3) is 0.708. The van der Waals surface area contributed by atoms with Crippen molar-refractivity contribution in [3.8, 4) is 0 Å². The van der Waals surface area contributed by atoms with E-state index in [0.29, 0.717) is 23.5 Å². The zero-order valence-electron chi connectivity index (χ0n) is 18.9. The summed E-state index contributed by atoms with van der Waals surface area (Å²) >= 11 is 0. The summed E-state index contributed by atoms with van der Waals surface area (Å²) in [6.45, 7) is 7.63. The molecule has 0 radical (unpaired) electrons. The van der Waals surface area contributed by atoms with Crippen molar-refractivity contribution in [3.63, 3.8) is 0 Å². The second-order valence-electron chi connectivity index (χ2n) is 8.85. The average Bonchev–Trinajstić information content (AvgIpc) is 3.57. The van der Waals surface area contributed by atoms with Crippen molar-refractivity contribution in [2.24, 2.45) is 0 Å². The maximum atomic E-state index is 12.4. The lowest BCUT2D eigenvalue weighted by molar-refractivity contribution is -0.137. The molecule has 172 valence electrons. The van der Waals surface area contributed by atoms with E-state index < -0.39 is 5.97 Å². The summed E-state index contributed by atoms with van der Waals surface area (Å²) in [6, 6.07) is 0. The van der Waals surface area contributed by atoms with Crippen LogP contribution in [0.25, 0.3) is 0 Å². The Morgan fingerprint density at radius 1 is 0.774 bits per heavy atom. The van der Waals surface area contributed by atoms with Crippen molar-refractivity contribution in [1.82, 2.24) is 14.7 Å². The molecular weight excluding hydrogens is 394 g/mol. The van der Waals surface area contributed by atoms with E-state index in [-0.39, 0.29) is 11.6 Å². The number of ketones is 2. The largest absolute Gasteiger partial charge is 0.481 e. The zero-order valence-corrected chi connectivity index (χ0v) is 18.9. The topological polar surface area (TPSA) is 80.5 Å². The molecule has 3 fully saturated rings. The molecule has 3 heterocycles. The SMILES string of the molecule is CCCCCCCCCCCC(=O)O.O=C1C=C(N2CC2)C(=O)C(N2CC2)=C1N1CC1. The number of unbranched alkanes of at least 4 members (excludes halogenated alkanes) is 8. The quantitative estimate of drug-likeness (QED) is 0.272. The van der Waals surface area contributed by atoms with Crippen molar-refractivity contribution in [2.75, 3.05) is 39.3 Å². The zero-order chi connectivity index (χ0) is 22.2. The molecule has 0 atom stereocenters. The third-order valence-corrected chi connectivity index (χ3v) is 5.98. The van der Waals surface area contributed by atoms with Gasteiger partial charge in [-0.15, -0.1) is 0 Å². The molecule has 4 aliphatic rings. The van der Waals surface area contributed by atoms with E-state index in [9.17, 15) is 14.4 Å². The predicted molar refractivity (Wildman–Crippen MR) is 119 cm³/mol. The molecule has 7 nitrogen and oxygen atoms in total. The number of hydrogen-bond donors (Lipinski definition) is 1. The smallest absolute Gasteiger partial charge is 0.303 e. The molecule has 3 aliphatic heterocycles. The van der Waals surface area contributed by atoms with Crippen molar-refractivity contribution in [2.45, 2.75) is 71.1 Å². The third-order valence-electron chi connectivity index (χ3n) is 5.98. The van der Waals surface area contributed by atoms with Crippen LogP contribution in [0, 0.1) is 0 Å². The third kappa shape index (κ3) is 7.40. The van der Waals surface area contributed by atoms with Gasteiger partial charge in [-0.25, -0.2) is 0 Å². The van der Waals surface area contributed by atoms with Crippen molar-refractivity contribution < 1.29 is 19.5 Å². The Bertz CT molecular complexity index is 731. The molecule has 1 aliphatic carbocycles. The average molecular weight is 432 g/mol. The van der Waals surface area contributed by atoms with E-state index in [0.717, 1.165) is 52.1 Å². The molecule has 0 saturated carbocycles. The van der Waals surface area contributed by atoms with Crippen LogP contribution in [0.1, 0.15) is 71.1 Å². The van der Waals surface area contributed by atoms with Crippen molar-refractivity contribution >= 4 is 17.5 Å². The summed E-state index contributed by atoms with van der Waals surface area (Å²) in [5.41, 5.74) is 1.89. The number of allylic oxidation sites excluding steroid dienone is 1. The van der Waals surface area contributed by atoms with E-state index >= 15 is 0 Å². The van der Waals surface area contributed by atoms with Gasteiger partial charge in [-0.2, -0.15) is 0 Å². The summed E-state index contributed by atoms with van der Waals surface area (Å²) in [6.07, 6.45) is 13.0. The lowest BCUT2D eigenvalue weighted by Gasteiger charge is -2.21. The maximum Gasteiger partial charge on any atom is 0.303 e. The van der Waals surface area contributed by atoms with Crippen molar-refractivity contribution in [1.29, 1.82) is 0 Å². The van der Waals surface area contributed by atoms with Gasteiger partial charge in [0.05, 0.1) is 5.70 Å². The van der Waals surface area contributed by atoms with E-state index in [1.165, 1.54) is 51.0 Å². The van der Waals surface area contributed by atoms with Gasteiger partial charge < -0.3 is 19.8 Å². The molecule has 0 aromatic rings. The second kappa shape index (κ2) is 11.3. The van der Waals surface area contributed by atoms with Crippen LogP contribution in [0.15, 0.2) is 23.2 Å². The number of carboxylic acids is 1. The lowest BCUT2D eigenvalue weighted by atomic mass is 10.0. The molecule has 7 heteroatoms. The van der Waals surface area contributed by atoms with Gasteiger partial charge in [-0.3, -0.25) is 14.4 Å². The molecular formula is C24H37N3O4. The number of rotatable bonds is 13. The summed E-state index contributed by atoms with van der Waals surface area (Å²) in [4.78, 5) is 40.7. The number of carboxylic acid groups (broad SMARTS) is 1. The van der Waals surface area contributed by atoms with Gasteiger partial charge in [0.1, 0.15) is 11.4 Å². The standard InChI is InChI=1S/C12H13N3O2.C12H24O2/c16-9-7-8(13-1-2-13)12(17)11(15-5-6-15)10(9)14-3-4-14;1-2-3-4-5-6-7-8-9-10-11-12(13)14/h7H,1-6H2;2-11H2,1H3,(H,13,14). The van der Waals surface area contributed by atoms with Crippen molar-refractivity contribution in [3.05, 3.63) is 23.2 Å². The maximum absolute atomic E-state index is 12.4. The van der Waals surface area contributed by atoms with Gasteiger partial charge in [-0.1, -0.05) is 58.3 Å². The molecule has 0 bridgehead atoms. The molecule has 0 unspecified atom stereocenters. The molecule has 0 amide bonds. The Labute approximate surface area is 185 Å². The summed E-state index contributed by atoms with van der Waals surface area (Å²) in [5, 5.41) is 8.41. The van der Waals surface area contributed by atoms with Crippen LogP contribution in [0.5, 0.6) is 0 Å². The van der Waals surface area contributed by atoms with Crippen LogP contribution < -0.4 is 0 Å². The second-order valence-corrected chi connectivity index (χ2v) is 8.85. The molecule has 4 rings (SSSR count). The Balaban J connectivity index is 0.000000181. The highest BCUT2D eigenvalue weighted by Gasteiger charge is 2.43. The van der Waals surface area contributed by atoms with Gasteiger partial charge >= 0.3 is 5.97 Å². The van der Waals surface area contributed by atoms with Crippen LogP contribution >= 0.6 is 0 Å². The Morgan fingerprint density at radius 3 is 1.74 bits per heavy atom. The van der Waals surface area contributed by atoms with Crippen LogP contribution in [0.3, 0.4) is 0 Å². The Kier molecular flexibility index (Phi) is 8.55. The lowest BCUT2D eigenvalue weighted by Crippen LogP contribution is -2.29. The summed E-state index contributed by atoms with van der Waals surface area (Å²) < 4.78 is 0. The van der Waals surface area contributed by atoms with Gasteiger partial charge in [0.15, 0.2) is 0 Å². The number of nitrogens with zero attached hydrogens (tertiary/aromatic N) is 3. The number of Topliss-reactive ketones (excluding diaryl/α,β-unsaturated/α-hetero) is 1. The fourth-order valence-corrected chi connectivity index (χ4v) is 3.86. The first-order valence-electron chi connectivity index (χ1n) is 12.0. The number of carbonyl (C=O) groups is 3. The molecule has 3 saturated heterocycles. The van der Waals surface area contributed by atoms with E-state index in [4.69, 9.17) is 5.11 Å². The van der Waals surface area contributed by atoms with Crippen LogP contribution in [-0.4, -0.2) is 76.6 Å². The molecule has 0 spiro atoms. The molecule has 31 heavy (non-hydrogen) atoms. The van der Waals surface area contributed by atoms with E-state index in [2.05, 4.69) is 6.92 Å².